The van der Waals surface area contributed by atoms with Crippen LogP contribution in [0.5, 0.6) is 0 Å². The number of amides is 3. The lowest BCUT2D eigenvalue weighted by Crippen LogP contribution is -2.57. The van der Waals surface area contributed by atoms with E-state index >= 15 is 0 Å². The summed E-state index contributed by atoms with van der Waals surface area (Å²) in [5, 5.41) is 14.8. The molecule has 3 aromatic carbocycles. The summed E-state index contributed by atoms with van der Waals surface area (Å²) in [5.74, 6) is -4.76. The first-order chi connectivity index (χ1) is 22.2. The summed E-state index contributed by atoms with van der Waals surface area (Å²) in [6, 6.07) is 25.4. The maximum absolute atomic E-state index is 14.0. The van der Waals surface area contributed by atoms with Crippen molar-refractivity contribution in [3.63, 3.8) is 0 Å². The van der Waals surface area contributed by atoms with Crippen molar-refractivity contribution in [2.24, 2.45) is 5.92 Å². The second-order valence-corrected chi connectivity index (χ2v) is 12.0. The molecule has 0 saturated carbocycles. The summed E-state index contributed by atoms with van der Waals surface area (Å²) >= 11 is 1.36. The number of carbonyl (C=O) groups excluding carboxylic acids is 5. The zero-order valence-electron chi connectivity index (χ0n) is 25.5. The predicted molar refractivity (Wildman–Crippen MR) is 171 cm³/mol. The quantitative estimate of drug-likeness (QED) is 0.144. The lowest BCUT2D eigenvalue weighted by Gasteiger charge is -2.33. The van der Waals surface area contributed by atoms with Crippen LogP contribution >= 0.6 is 11.8 Å². The van der Waals surface area contributed by atoms with E-state index in [1.807, 2.05) is 36.4 Å². The Morgan fingerprint density at radius 3 is 2.07 bits per heavy atom. The lowest BCUT2D eigenvalue weighted by molar-refractivity contribution is -0.160. The second kappa shape index (κ2) is 16.6. The third-order valence-corrected chi connectivity index (χ3v) is 8.42. The first kappa shape index (κ1) is 34.2. The average molecular weight is 648 g/mol. The van der Waals surface area contributed by atoms with E-state index in [0.717, 1.165) is 11.1 Å². The van der Waals surface area contributed by atoms with Gasteiger partial charge in [0.15, 0.2) is 0 Å². The van der Waals surface area contributed by atoms with Gasteiger partial charge in [0.05, 0.1) is 12.7 Å². The molecule has 0 aliphatic carbocycles. The van der Waals surface area contributed by atoms with E-state index in [1.165, 1.54) is 16.7 Å². The summed E-state index contributed by atoms with van der Waals surface area (Å²) in [6.45, 7) is 2.42. The van der Waals surface area contributed by atoms with Crippen molar-refractivity contribution >= 4 is 41.4 Å². The van der Waals surface area contributed by atoms with E-state index in [-0.39, 0.29) is 18.8 Å². The third kappa shape index (κ3) is 9.18. The van der Waals surface area contributed by atoms with Gasteiger partial charge in [0.25, 0.3) is 5.78 Å². The Labute approximate surface area is 271 Å². The first-order valence-electron chi connectivity index (χ1n) is 14.8. The Bertz CT molecular complexity index is 1490. The Morgan fingerprint density at radius 2 is 1.48 bits per heavy atom. The van der Waals surface area contributed by atoms with E-state index in [2.05, 4.69) is 10.6 Å². The number of aliphatic hydroxyl groups excluding tert-OH is 1. The second-order valence-electron chi connectivity index (χ2n) is 10.9. The Balaban J connectivity index is 1.56. The van der Waals surface area contributed by atoms with Crippen LogP contribution in [0.4, 0.5) is 4.79 Å². The van der Waals surface area contributed by atoms with Crippen molar-refractivity contribution in [3.8, 4) is 0 Å². The molecule has 4 rings (SSSR count). The van der Waals surface area contributed by atoms with Gasteiger partial charge in [-0.05, 0) is 37.0 Å². The number of hydrogen-bond acceptors (Lipinski definition) is 9. The van der Waals surface area contributed by atoms with Crippen molar-refractivity contribution in [1.82, 2.24) is 15.5 Å². The first-order valence-corrected chi connectivity index (χ1v) is 15.9. The van der Waals surface area contributed by atoms with Gasteiger partial charge in [-0.15, -0.1) is 11.8 Å². The van der Waals surface area contributed by atoms with Crippen LogP contribution in [0.2, 0.25) is 0 Å². The molecule has 4 atom stereocenters. The summed E-state index contributed by atoms with van der Waals surface area (Å²) < 4.78 is 10.4. The largest absolute Gasteiger partial charge is 0.457 e. The van der Waals surface area contributed by atoms with E-state index in [0.29, 0.717) is 5.56 Å². The number of nitrogens with one attached hydrogen (secondary N) is 2. The van der Waals surface area contributed by atoms with Crippen molar-refractivity contribution in [3.05, 3.63) is 108 Å². The molecule has 3 amide bonds. The molecule has 1 fully saturated rings. The smallest absolute Gasteiger partial charge is 0.408 e. The molecule has 11 nitrogen and oxygen atoms in total. The maximum atomic E-state index is 14.0. The normalized spacial score (nSPS) is 17.1. The van der Waals surface area contributed by atoms with Gasteiger partial charge in [0.2, 0.25) is 11.8 Å². The van der Waals surface area contributed by atoms with Gasteiger partial charge in [-0.25, -0.2) is 9.59 Å². The fourth-order valence-electron chi connectivity index (χ4n) is 4.87. The van der Waals surface area contributed by atoms with Gasteiger partial charge in [-0.1, -0.05) is 91.0 Å². The van der Waals surface area contributed by atoms with E-state index in [4.69, 9.17) is 9.47 Å². The fourth-order valence-corrected chi connectivity index (χ4v) is 6.24. The van der Waals surface area contributed by atoms with Crippen molar-refractivity contribution in [2.45, 2.75) is 50.6 Å². The number of Topliss-reactive ketones (excluding diaryl/α,β-unsaturated/α-hetero) is 1. The molecule has 1 heterocycles. The Hall–Kier alpha value is -4.68. The van der Waals surface area contributed by atoms with Crippen molar-refractivity contribution in [1.29, 1.82) is 0 Å². The number of aliphatic hydroxyl groups is 1. The molecule has 0 radical (unpaired) electrons. The number of ketones is 1. The van der Waals surface area contributed by atoms with Crippen molar-refractivity contribution < 1.29 is 38.6 Å². The van der Waals surface area contributed by atoms with Crippen LogP contribution in [0.15, 0.2) is 91.0 Å². The molecule has 0 bridgehead atoms. The standard InChI is InChI=1S/C34H37N3O8S/c1-22(2)45-33(42)29(39)26(18-23-12-6-3-7-13-23)30(40)36-28-21-46-32(25-16-10-5-11-17-25)37(28)31(41)27(19-38)35-34(43)44-20-24-14-8-4-9-15-24/h3-17,22,26-28,32,38H,18-21H2,1-2H3,(H,35,43)(H,36,40)/t26-,27-,28+,32+/m0/s1. The predicted octanol–water partition coefficient (Wildman–Crippen LogP) is 3.37. The number of esters is 1. The summed E-state index contributed by atoms with van der Waals surface area (Å²) in [5.41, 5.74) is 2.14. The topological polar surface area (TPSA) is 151 Å². The molecule has 0 spiro atoms. The number of carbonyl (C=O) groups is 5. The van der Waals surface area contributed by atoms with E-state index in [9.17, 15) is 29.1 Å². The highest BCUT2D eigenvalue weighted by atomic mass is 32.2. The van der Waals surface area contributed by atoms with Crippen LogP contribution in [0.3, 0.4) is 0 Å². The third-order valence-electron chi connectivity index (χ3n) is 7.09. The molecule has 1 aliphatic rings. The average Bonchev–Trinajstić information content (AvgIpc) is 3.48. The number of benzene rings is 3. The zero-order chi connectivity index (χ0) is 33.1. The van der Waals surface area contributed by atoms with Gasteiger partial charge >= 0.3 is 12.1 Å². The molecule has 3 aromatic rings. The highest BCUT2D eigenvalue weighted by Gasteiger charge is 2.44. The number of thioether (sulfide) groups is 1. The summed E-state index contributed by atoms with van der Waals surface area (Å²) in [7, 11) is 0. The number of alkyl carbamates (subject to hydrolysis) is 1. The van der Waals surface area contributed by atoms with Gasteiger partial charge in [-0.2, -0.15) is 0 Å². The van der Waals surface area contributed by atoms with Crippen LogP contribution in [0.1, 0.15) is 35.9 Å². The van der Waals surface area contributed by atoms with Gasteiger partial charge < -0.3 is 30.1 Å². The maximum Gasteiger partial charge on any atom is 0.408 e. The Morgan fingerprint density at radius 1 is 0.891 bits per heavy atom. The number of ether oxygens (including phenoxy) is 2. The highest BCUT2D eigenvalue weighted by Crippen LogP contribution is 2.41. The highest BCUT2D eigenvalue weighted by molar-refractivity contribution is 7.99. The summed E-state index contributed by atoms with van der Waals surface area (Å²) in [6.07, 6.45) is -2.48. The molecule has 0 aromatic heterocycles. The van der Waals surface area contributed by atoms with Crippen molar-refractivity contribution in [2.75, 3.05) is 12.4 Å². The molecular formula is C34H37N3O8S. The van der Waals surface area contributed by atoms with Gasteiger partial charge in [0.1, 0.15) is 30.1 Å². The minimum Gasteiger partial charge on any atom is -0.457 e. The monoisotopic (exact) mass is 647 g/mol. The lowest BCUT2D eigenvalue weighted by atomic mass is 9.94. The van der Waals surface area contributed by atoms with Crippen LogP contribution < -0.4 is 10.6 Å². The number of hydrogen-bond donors (Lipinski definition) is 3. The molecule has 3 N–H and O–H groups in total. The molecule has 46 heavy (non-hydrogen) atoms. The molecule has 242 valence electrons. The molecule has 1 aliphatic heterocycles. The number of nitrogens with zero attached hydrogens (tertiary/aromatic N) is 1. The molecular weight excluding hydrogens is 610 g/mol. The fraction of sp³-hybridized carbons (Fsp3) is 0.324. The SMILES string of the molecule is CC(C)OC(=O)C(=O)[C@H](Cc1ccccc1)C(=O)N[C@H]1CS[C@H](c2ccccc2)N1C(=O)[C@H](CO)NC(=O)OCc1ccccc1. The molecule has 0 unspecified atom stereocenters. The van der Waals surface area contributed by atoms with Gasteiger partial charge in [-0.3, -0.25) is 14.4 Å². The minimum absolute atomic E-state index is 0.0417. The minimum atomic E-state index is -1.42. The molecule has 1 saturated heterocycles. The van der Waals surface area contributed by atoms with E-state index < -0.39 is 65.9 Å². The summed E-state index contributed by atoms with van der Waals surface area (Å²) in [4.78, 5) is 67.6. The zero-order valence-corrected chi connectivity index (χ0v) is 26.4. The molecule has 12 heteroatoms. The van der Waals surface area contributed by atoms with Crippen LogP contribution in [0.25, 0.3) is 0 Å². The Kier molecular flexibility index (Phi) is 12.3. The van der Waals surface area contributed by atoms with Crippen LogP contribution in [-0.2, 0) is 41.7 Å². The van der Waals surface area contributed by atoms with Crippen LogP contribution in [0, 0.1) is 5.92 Å². The van der Waals surface area contributed by atoms with Crippen LogP contribution in [-0.4, -0.2) is 70.3 Å². The number of rotatable bonds is 13. The van der Waals surface area contributed by atoms with Gasteiger partial charge in [0, 0.05) is 5.75 Å². The van der Waals surface area contributed by atoms with E-state index in [1.54, 1.807) is 68.4 Å².